The Morgan fingerprint density at radius 3 is 1.84 bits per heavy atom. The Hall–Kier alpha value is -5.80. The van der Waals surface area contributed by atoms with Crippen LogP contribution in [-0.4, -0.2) is 9.97 Å². The highest BCUT2D eigenvalue weighted by Gasteiger charge is 2.19. The van der Waals surface area contributed by atoms with Gasteiger partial charge in [0.15, 0.2) is 0 Å². The molecule has 0 radical (unpaired) electrons. The number of nitrogens with zero attached hydrogens (tertiary/aromatic N) is 2. The summed E-state index contributed by atoms with van der Waals surface area (Å²) in [6, 6.07) is 47.5. The van der Waals surface area contributed by atoms with Crippen LogP contribution in [0.2, 0.25) is 0 Å². The first-order chi connectivity index (χ1) is 21.7. The maximum atomic E-state index is 5.23. The van der Waals surface area contributed by atoms with Gasteiger partial charge in [-0.25, -0.2) is 4.98 Å². The van der Waals surface area contributed by atoms with Gasteiger partial charge in [0.1, 0.15) is 0 Å². The van der Waals surface area contributed by atoms with E-state index in [-0.39, 0.29) is 0 Å². The Bertz CT molecular complexity index is 2400. The molecule has 2 bridgehead atoms. The lowest BCUT2D eigenvalue weighted by Crippen LogP contribution is -2.01. The van der Waals surface area contributed by atoms with E-state index in [1.807, 2.05) is 6.20 Å². The van der Waals surface area contributed by atoms with E-state index in [9.17, 15) is 0 Å². The van der Waals surface area contributed by atoms with Crippen molar-refractivity contribution in [3.63, 3.8) is 0 Å². The fraction of sp³-hybridized carbons (Fsp3) is 0.0244. The summed E-state index contributed by atoms with van der Waals surface area (Å²) in [6.07, 6.45) is 1.91. The summed E-state index contributed by atoms with van der Waals surface area (Å²) >= 11 is 0. The van der Waals surface area contributed by atoms with E-state index in [0.29, 0.717) is 0 Å². The highest BCUT2D eigenvalue weighted by molar-refractivity contribution is 6.23. The van der Waals surface area contributed by atoms with E-state index in [1.54, 1.807) is 0 Å². The number of hydrogen-bond donors (Lipinski definition) is 1. The van der Waals surface area contributed by atoms with Crippen molar-refractivity contribution in [3.05, 3.63) is 145 Å². The third-order valence-electron chi connectivity index (χ3n) is 9.05. The van der Waals surface area contributed by atoms with E-state index < -0.39 is 0 Å². The zero-order chi connectivity index (χ0) is 29.2. The van der Waals surface area contributed by atoms with Gasteiger partial charge in [-0.05, 0) is 63.7 Å². The molecule has 1 aromatic heterocycles. The Morgan fingerprint density at radius 2 is 1.05 bits per heavy atom. The smallest absolute Gasteiger partial charge is 0.0979 e. The summed E-state index contributed by atoms with van der Waals surface area (Å²) < 4.78 is 0. The summed E-state index contributed by atoms with van der Waals surface area (Å²) in [4.78, 5) is 10.2. The number of benzene rings is 7. The van der Waals surface area contributed by atoms with Gasteiger partial charge < -0.3 is 5.32 Å². The fourth-order valence-electron chi connectivity index (χ4n) is 6.87. The van der Waals surface area contributed by atoms with Crippen LogP contribution in [0.4, 0.5) is 11.4 Å². The van der Waals surface area contributed by atoms with Crippen LogP contribution in [0, 0.1) is 6.92 Å². The quantitative estimate of drug-likeness (QED) is 0.213. The minimum atomic E-state index is 0.866. The lowest BCUT2D eigenvalue weighted by molar-refractivity contribution is 1.31. The summed E-state index contributed by atoms with van der Waals surface area (Å²) in [7, 11) is 0. The van der Waals surface area contributed by atoms with Gasteiger partial charge in [0.05, 0.1) is 22.9 Å². The molecule has 7 aromatic carbocycles. The number of anilines is 2. The van der Waals surface area contributed by atoms with E-state index in [2.05, 4.69) is 146 Å². The average molecular weight is 562 g/mol. The third kappa shape index (κ3) is 3.76. The van der Waals surface area contributed by atoms with Gasteiger partial charge in [0, 0.05) is 38.8 Å². The van der Waals surface area contributed by atoms with Crippen LogP contribution in [0.15, 0.2) is 140 Å². The Kier molecular flexibility index (Phi) is 5.41. The van der Waals surface area contributed by atoms with Gasteiger partial charge in [0.2, 0.25) is 0 Å². The third-order valence-corrected chi connectivity index (χ3v) is 9.05. The Balaban J connectivity index is 1.18. The SMILES string of the molecule is Cc1c2cccc1-c1ccc(-c3cccc(-c4cnc5c6ccccc6c6ccccc6c5n4)c3)cc1Nc1ccccc1-2. The molecule has 44 heavy (non-hydrogen) atoms. The minimum Gasteiger partial charge on any atom is -0.354 e. The van der Waals surface area contributed by atoms with Crippen molar-refractivity contribution in [2.45, 2.75) is 6.92 Å². The number of para-hydroxylation sites is 1. The molecular weight excluding hydrogens is 534 g/mol. The molecule has 0 aliphatic carbocycles. The molecule has 1 aliphatic rings. The van der Waals surface area contributed by atoms with Crippen LogP contribution in [-0.2, 0) is 0 Å². The Labute approximate surface area is 255 Å². The number of aromatic nitrogens is 2. The zero-order valence-corrected chi connectivity index (χ0v) is 24.2. The molecule has 1 aliphatic heterocycles. The summed E-state index contributed by atoms with van der Waals surface area (Å²) in [5.41, 5.74) is 14.5. The molecule has 3 nitrogen and oxygen atoms in total. The largest absolute Gasteiger partial charge is 0.354 e. The molecule has 2 heterocycles. The normalized spacial score (nSPS) is 11.9. The molecule has 0 atom stereocenters. The van der Waals surface area contributed by atoms with E-state index in [0.717, 1.165) is 55.6 Å². The molecule has 9 rings (SSSR count). The number of rotatable bonds is 2. The molecule has 0 saturated carbocycles. The molecule has 0 unspecified atom stereocenters. The van der Waals surface area contributed by atoms with Crippen molar-refractivity contribution in [3.8, 4) is 44.6 Å². The van der Waals surface area contributed by atoms with Gasteiger partial charge >= 0.3 is 0 Å². The predicted molar refractivity (Wildman–Crippen MR) is 184 cm³/mol. The van der Waals surface area contributed by atoms with Crippen molar-refractivity contribution in [1.82, 2.24) is 9.97 Å². The van der Waals surface area contributed by atoms with E-state index in [4.69, 9.17) is 9.97 Å². The van der Waals surface area contributed by atoms with Crippen molar-refractivity contribution >= 4 is 44.0 Å². The summed E-state index contributed by atoms with van der Waals surface area (Å²) in [5, 5.41) is 8.43. The standard InChI is InChI=1S/C41H27N3/c1-25-29-17-9-18-30(25)34-21-20-27(23-38(34)43-37-19-7-6-14-33(29)37)26-10-8-11-28(22-26)39-24-42-40-35-15-4-2-12-31(35)32-13-3-5-16-36(32)41(40)44-39/h2-24,43H,1H3. The van der Waals surface area contributed by atoms with Crippen LogP contribution in [0.3, 0.4) is 0 Å². The average Bonchev–Trinajstić information content (AvgIpc) is 3.09. The first-order valence-corrected chi connectivity index (χ1v) is 15.0. The molecule has 206 valence electrons. The van der Waals surface area contributed by atoms with Gasteiger partial charge in [-0.3, -0.25) is 4.98 Å². The molecule has 1 N–H and O–H groups in total. The van der Waals surface area contributed by atoms with Crippen molar-refractivity contribution in [2.75, 3.05) is 5.32 Å². The number of hydrogen-bond acceptors (Lipinski definition) is 3. The zero-order valence-electron chi connectivity index (χ0n) is 24.2. The van der Waals surface area contributed by atoms with Gasteiger partial charge in [-0.2, -0.15) is 0 Å². The number of nitrogens with one attached hydrogen (secondary N) is 1. The minimum absolute atomic E-state index is 0.866. The molecule has 0 amide bonds. The first-order valence-electron chi connectivity index (χ1n) is 15.0. The second kappa shape index (κ2) is 9.62. The summed E-state index contributed by atoms with van der Waals surface area (Å²) in [6.45, 7) is 2.23. The molecule has 0 spiro atoms. The second-order valence-corrected chi connectivity index (χ2v) is 11.5. The van der Waals surface area contributed by atoms with Crippen LogP contribution >= 0.6 is 0 Å². The van der Waals surface area contributed by atoms with Crippen molar-refractivity contribution < 1.29 is 0 Å². The molecule has 0 saturated heterocycles. The van der Waals surface area contributed by atoms with Crippen molar-refractivity contribution in [1.29, 1.82) is 0 Å². The van der Waals surface area contributed by atoms with E-state index in [1.165, 1.54) is 38.6 Å². The van der Waals surface area contributed by atoms with Crippen molar-refractivity contribution in [2.24, 2.45) is 0 Å². The first kappa shape index (κ1) is 24.8. The highest BCUT2D eigenvalue weighted by atomic mass is 14.9. The maximum absolute atomic E-state index is 5.23. The number of fused-ring (bicyclic) bond motifs is 12. The molecule has 8 aromatic rings. The van der Waals surface area contributed by atoms with Crippen LogP contribution in [0.5, 0.6) is 0 Å². The monoisotopic (exact) mass is 561 g/mol. The highest BCUT2D eigenvalue weighted by Crippen LogP contribution is 2.44. The maximum Gasteiger partial charge on any atom is 0.0979 e. The molecular formula is C41H27N3. The topological polar surface area (TPSA) is 37.8 Å². The predicted octanol–water partition coefficient (Wildman–Crippen LogP) is 11.0. The Morgan fingerprint density at radius 1 is 0.455 bits per heavy atom. The van der Waals surface area contributed by atoms with Gasteiger partial charge in [-0.1, -0.05) is 115 Å². The van der Waals surface area contributed by atoms with Crippen LogP contribution in [0.25, 0.3) is 77.2 Å². The second-order valence-electron chi connectivity index (χ2n) is 11.5. The van der Waals surface area contributed by atoms with Gasteiger partial charge in [-0.15, -0.1) is 0 Å². The molecule has 3 heteroatoms. The van der Waals surface area contributed by atoms with Crippen LogP contribution in [0.1, 0.15) is 5.56 Å². The van der Waals surface area contributed by atoms with Crippen LogP contribution < -0.4 is 5.32 Å². The van der Waals surface area contributed by atoms with E-state index >= 15 is 0 Å². The molecule has 0 fully saturated rings. The lowest BCUT2D eigenvalue weighted by atomic mass is 9.88. The lowest BCUT2D eigenvalue weighted by Gasteiger charge is -2.23. The fourth-order valence-corrected chi connectivity index (χ4v) is 6.87. The van der Waals surface area contributed by atoms with Gasteiger partial charge in [0.25, 0.3) is 0 Å². The summed E-state index contributed by atoms with van der Waals surface area (Å²) in [5.74, 6) is 0.